The molecule has 5 nitrogen and oxygen atoms in total. The molecule has 0 atom stereocenters. The van der Waals surface area contributed by atoms with Gasteiger partial charge in [0.1, 0.15) is 5.69 Å². The van der Waals surface area contributed by atoms with Gasteiger partial charge in [0.15, 0.2) is 17.5 Å². The summed E-state index contributed by atoms with van der Waals surface area (Å²) in [5.74, 6) is 1.69. The second kappa shape index (κ2) is 11.9. The van der Waals surface area contributed by atoms with Crippen LogP contribution in [0.1, 0.15) is 5.56 Å². The second-order valence-corrected chi connectivity index (χ2v) is 12.2. The number of benzene rings is 6. The molecule has 49 heavy (non-hydrogen) atoms. The fraction of sp³-hybridized carbons (Fsp3) is 0.0227. The third kappa shape index (κ3) is 5.28. The number of pyridine rings is 2. The van der Waals surface area contributed by atoms with Gasteiger partial charge >= 0.3 is 0 Å². The molecule has 0 fully saturated rings. The summed E-state index contributed by atoms with van der Waals surface area (Å²) in [7, 11) is 0. The van der Waals surface area contributed by atoms with E-state index in [0.29, 0.717) is 23.2 Å². The first-order valence-corrected chi connectivity index (χ1v) is 16.3. The molecule has 5 heteroatoms. The van der Waals surface area contributed by atoms with Crippen LogP contribution in [0.3, 0.4) is 0 Å². The Morgan fingerprint density at radius 1 is 0.347 bits per heavy atom. The summed E-state index contributed by atoms with van der Waals surface area (Å²) in [6, 6.07) is 54.1. The van der Waals surface area contributed by atoms with Gasteiger partial charge in [-0.25, -0.2) is 24.9 Å². The van der Waals surface area contributed by atoms with E-state index in [0.717, 1.165) is 55.3 Å². The highest BCUT2D eigenvalue weighted by atomic mass is 15.0. The quantitative estimate of drug-likeness (QED) is 0.178. The van der Waals surface area contributed by atoms with Gasteiger partial charge in [0.05, 0.1) is 16.7 Å². The molecule has 0 aliphatic heterocycles. The Balaban J connectivity index is 1.22. The van der Waals surface area contributed by atoms with Gasteiger partial charge in [0.25, 0.3) is 0 Å². The molecule has 0 aliphatic rings. The Morgan fingerprint density at radius 2 is 0.959 bits per heavy atom. The Labute approximate surface area is 283 Å². The first-order chi connectivity index (χ1) is 24.2. The van der Waals surface area contributed by atoms with E-state index in [1.165, 1.54) is 16.3 Å². The lowest BCUT2D eigenvalue weighted by molar-refractivity contribution is 1.06. The first kappa shape index (κ1) is 28.6. The Kier molecular flexibility index (Phi) is 6.95. The highest BCUT2D eigenvalue weighted by Crippen LogP contribution is 2.33. The van der Waals surface area contributed by atoms with E-state index in [9.17, 15) is 0 Å². The minimum Gasteiger partial charge on any atom is -0.245 e. The number of aromatic nitrogens is 5. The van der Waals surface area contributed by atoms with Gasteiger partial charge in [0, 0.05) is 27.5 Å². The summed E-state index contributed by atoms with van der Waals surface area (Å²) in [5.41, 5.74) is 9.56. The normalized spacial score (nSPS) is 11.4. The molecule has 0 saturated heterocycles. The Bertz CT molecular complexity index is 2660. The van der Waals surface area contributed by atoms with Crippen molar-refractivity contribution in [1.82, 2.24) is 24.9 Å². The van der Waals surface area contributed by atoms with Crippen molar-refractivity contribution in [2.75, 3.05) is 0 Å². The van der Waals surface area contributed by atoms with Crippen LogP contribution in [-0.2, 0) is 0 Å². The van der Waals surface area contributed by atoms with Crippen LogP contribution in [0, 0.1) is 6.92 Å². The summed E-state index contributed by atoms with van der Waals surface area (Å²) in [4.78, 5) is 25.4. The van der Waals surface area contributed by atoms with E-state index in [-0.39, 0.29) is 0 Å². The third-order valence-electron chi connectivity index (χ3n) is 9.03. The molecule has 3 heterocycles. The van der Waals surface area contributed by atoms with Crippen molar-refractivity contribution in [3.8, 4) is 56.7 Å². The van der Waals surface area contributed by atoms with E-state index in [1.54, 1.807) is 0 Å². The summed E-state index contributed by atoms with van der Waals surface area (Å²) in [6.07, 6.45) is 0. The molecular weight excluding hydrogens is 599 g/mol. The van der Waals surface area contributed by atoms with Crippen LogP contribution in [0.2, 0.25) is 0 Å². The lowest BCUT2D eigenvalue weighted by atomic mass is 9.97. The average Bonchev–Trinajstić information content (AvgIpc) is 3.18. The zero-order valence-electron chi connectivity index (χ0n) is 26.7. The number of hydrogen-bond donors (Lipinski definition) is 0. The Hall–Kier alpha value is -6.59. The molecule has 9 rings (SSSR count). The lowest BCUT2D eigenvalue weighted by Gasteiger charge is -2.12. The zero-order chi connectivity index (χ0) is 32.7. The molecule has 230 valence electrons. The lowest BCUT2D eigenvalue weighted by Crippen LogP contribution is -2.01. The summed E-state index contributed by atoms with van der Waals surface area (Å²) >= 11 is 0. The van der Waals surface area contributed by atoms with Crippen molar-refractivity contribution in [2.45, 2.75) is 6.92 Å². The smallest absolute Gasteiger partial charge is 0.182 e. The minimum atomic E-state index is 0.509. The van der Waals surface area contributed by atoms with Gasteiger partial charge in [0.2, 0.25) is 0 Å². The largest absolute Gasteiger partial charge is 0.245 e. The Morgan fingerprint density at radius 3 is 1.80 bits per heavy atom. The van der Waals surface area contributed by atoms with E-state index in [1.807, 2.05) is 54.6 Å². The van der Waals surface area contributed by atoms with Crippen LogP contribution in [0.4, 0.5) is 0 Å². The summed E-state index contributed by atoms with van der Waals surface area (Å²) in [5, 5.41) is 4.49. The predicted octanol–water partition coefficient (Wildman–Crippen LogP) is 10.8. The third-order valence-corrected chi connectivity index (χ3v) is 9.03. The zero-order valence-corrected chi connectivity index (χ0v) is 26.7. The van der Waals surface area contributed by atoms with Gasteiger partial charge in [-0.05, 0) is 52.6 Å². The molecule has 0 radical (unpaired) electrons. The molecule has 9 aromatic rings. The molecule has 0 bridgehead atoms. The number of nitrogens with zero attached hydrogens (tertiary/aromatic N) is 5. The number of hydrogen-bond acceptors (Lipinski definition) is 5. The fourth-order valence-corrected chi connectivity index (χ4v) is 6.56. The molecule has 0 unspecified atom stereocenters. The second-order valence-electron chi connectivity index (χ2n) is 12.2. The SMILES string of the molecule is Cc1cc(-c2ccccc2)nc2c1ccc1ccc(-c3nc(-c4ccccc4)nc(-c4cccc(-c5cccc6ccccc56)c4)n3)nc12. The molecule has 0 saturated carbocycles. The molecule has 0 aliphatic carbocycles. The standard InChI is InChI=1S/C44H29N5/c1-28-26-39(30-13-4-2-5-14-30)46-41-35(28)24-22-31-23-25-38(45-40(31)41)44-48-42(32-15-6-3-7-16-32)47-43(49-44)34-19-10-18-33(27-34)37-21-11-17-29-12-8-9-20-36(29)37/h2-27H,1H3. The predicted molar refractivity (Wildman–Crippen MR) is 200 cm³/mol. The van der Waals surface area contributed by atoms with Gasteiger partial charge in [-0.2, -0.15) is 0 Å². The van der Waals surface area contributed by atoms with Crippen LogP contribution in [0.15, 0.2) is 158 Å². The number of fused-ring (bicyclic) bond motifs is 4. The fourth-order valence-electron chi connectivity index (χ4n) is 6.56. The van der Waals surface area contributed by atoms with Crippen LogP contribution in [-0.4, -0.2) is 24.9 Å². The maximum Gasteiger partial charge on any atom is 0.182 e. The van der Waals surface area contributed by atoms with Crippen molar-refractivity contribution < 1.29 is 0 Å². The van der Waals surface area contributed by atoms with Crippen LogP contribution < -0.4 is 0 Å². The topological polar surface area (TPSA) is 64.5 Å². The van der Waals surface area contributed by atoms with Crippen LogP contribution in [0.25, 0.3) is 89.3 Å². The van der Waals surface area contributed by atoms with Crippen LogP contribution >= 0.6 is 0 Å². The van der Waals surface area contributed by atoms with Gasteiger partial charge < -0.3 is 0 Å². The van der Waals surface area contributed by atoms with Crippen molar-refractivity contribution >= 4 is 32.6 Å². The molecular formula is C44H29N5. The van der Waals surface area contributed by atoms with E-state index in [2.05, 4.69) is 110 Å². The number of aryl methyl sites for hydroxylation is 1. The highest BCUT2D eigenvalue weighted by Gasteiger charge is 2.16. The molecule has 6 aromatic carbocycles. The molecule has 0 spiro atoms. The molecule has 3 aromatic heterocycles. The van der Waals surface area contributed by atoms with Gasteiger partial charge in [-0.3, -0.25) is 0 Å². The van der Waals surface area contributed by atoms with Crippen molar-refractivity contribution in [2.24, 2.45) is 0 Å². The molecule has 0 amide bonds. The first-order valence-electron chi connectivity index (χ1n) is 16.3. The van der Waals surface area contributed by atoms with Gasteiger partial charge in [-0.15, -0.1) is 0 Å². The van der Waals surface area contributed by atoms with Crippen LogP contribution in [0.5, 0.6) is 0 Å². The monoisotopic (exact) mass is 627 g/mol. The summed E-state index contributed by atoms with van der Waals surface area (Å²) < 4.78 is 0. The summed E-state index contributed by atoms with van der Waals surface area (Å²) in [6.45, 7) is 2.13. The maximum absolute atomic E-state index is 5.20. The van der Waals surface area contributed by atoms with Gasteiger partial charge in [-0.1, -0.05) is 140 Å². The maximum atomic E-state index is 5.20. The van der Waals surface area contributed by atoms with E-state index in [4.69, 9.17) is 24.9 Å². The van der Waals surface area contributed by atoms with Crippen molar-refractivity contribution in [3.05, 3.63) is 163 Å². The van der Waals surface area contributed by atoms with E-state index >= 15 is 0 Å². The minimum absolute atomic E-state index is 0.509. The van der Waals surface area contributed by atoms with E-state index < -0.39 is 0 Å². The van der Waals surface area contributed by atoms with Crippen molar-refractivity contribution in [1.29, 1.82) is 0 Å². The number of rotatable bonds is 5. The van der Waals surface area contributed by atoms with Crippen molar-refractivity contribution in [3.63, 3.8) is 0 Å². The highest BCUT2D eigenvalue weighted by molar-refractivity contribution is 6.05. The average molecular weight is 628 g/mol. The molecule has 0 N–H and O–H groups in total.